The van der Waals surface area contributed by atoms with Crippen LogP contribution in [-0.2, 0) is 25.7 Å². The van der Waals surface area contributed by atoms with Crippen LogP contribution in [0.3, 0.4) is 0 Å². The Morgan fingerprint density at radius 1 is 0.889 bits per heavy atom. The van der Waals surface area contributed by atoms with Crippen molar-refractivity contribution < 1.29 is 28.7 Å². The highest BCUT2D eigenvalue weighted by Crippen LogP contribution is 2.34. The summed E-state index contributed by atoms with van der Waals surface area (Å²) in [7, 11) is 0. The van der Waals surface area contributed by atoms with Gasteiger partial charge in [0.15, 0.2) is 0 Å². The number of piperidine rings is 2. The molecule has 5 aliphatic heterocycles. The second kappa shape index (κ2) is 22.5. The summed E-state index contributed by atoms with van der Waals surface area (Å²) < 4.78 is 7.49. The fourth-order valence-corrected chi connectivity index (χ4v) is 11.3. The first-order valence-corrected chi connectivity index (χ1v) is 26.2. The van der Waals surface area contributed by atoms with Gasteiger partial charge in [0.2, 0.25) is 23.6 Å². The summed E-state index contributed by atoms with van der Waals surface area (Å²) in [5.41, 5.74) is 5.19. The number of hydrogen-bond donors (Lipinski definition) is 2. The maximum Gasteiger partial charge on any atom is 0.255 e. The molecule has 8 heterocycles. The molecule has 4 aromatic rings. The van der Waals surface area contributed by atoms with Gasteiger partial charge in [-0.15, -0.1) is 0 Å². The molecule has 2 N–H and O–H groups in total. The van der Waals surface area contributed by atoms with Gasteiger partial charge in [-0.3, -0.25) is 39.1 Å². The van der Waals surface area contributed by atoms with Crippen molar-refractivity contribution in [2.45, 2.75) is 103 Å². The normalized spacial score (nSPS) is 19.7. The second-order valence-electron chi connectivity index (χ2n) is 20.7. The highest BCUT2D eigenvalue weighted by atomic mass is 16.5. The van der Waals surface area contributed by atoms with Crippen molar-refractivity contribution in [1.82, 2.24) is 44.8 Å². The van der Waals surface area contributed by atoms with E-state index in [9.17, 15) is 29.2 Å². The van der Waals surface area contributed by atoms with Crippen molar-refractivity contribution >= 4 is 46.6 Å². The van der Waals surface area contributed by atoms with Crippen LogP contribution in [0.2, 0.25) is 0 Å². The number of carbonyl (C=O) groups excluding carboxylic acids is 5. The standard InChI is InChI=1S/C54H70N12O6/c1-4-72-43-31-45(51-41(32-55)34-57-66(51)36-43)39-10-14-47(56-33-39)63-19-16-54(17-20-63,59-49(68)29-38(2)3)37-61-23-27-64(28-24-61)50(69)9-7-5-6-8-18-60-21-25-62(26-22-60)42-11-12-44-40(30-42)35-65(53(44)71)46-13-15-48(67)58-52(46)70/h10-12,14,30-31,33-34,36,38,46H,4-9,13,15-29,35,37H2,1-3H3,(H,59,68)(H,58,67,70). The maximum absolute atomic E-state index is 13.4. The molecule has 1 atom stereocenters. The zero-order valence-electron chi connectivity index (χ0n) is 42.2. The van der Waals surface area contributed by atoms with Gasteiger partial charge in [0, 0.05) is 126 Å². The number of imide groups is 1. The van der Waals surface area contributed by atoms with E-state index in [0.29, 0.717) is 67.9 Å². The van der Waals surface area contributed by atoms with Crippen LogP contribution in [0.5, 0.6) is 5.75 Å². The molecule has 1 unspecified atom stereocenters. The summed E-state index contributed by atoms with van der Waals surface area (Å²) in [6.07, 6.45) is 12.6. The van der Waals surface area contributed by atoms with E-state index in [1.807, 2.05) is 48.4 Å². The van der Waals surface area contributed by atoms with E-state index >= 15 is 0 Å². The van der Waals surface area contributed by atoms with Gasteiger partial charge < -0.3 is 29.7 Å². The second-order valence-corrected chi connectivity index (χ2v) is 20.7. The first kappa shape index (κ1) is 50.4. The summed E-state index contributed by atoms with van der Waals surface area (Å²) in [6, 6.07) is 13.6. The Bertz CT molecular complexity index is 2660. The van der Waals surface area contributed by atoms with Crippen molar-refractivity contribution in [2.75, 3.05) is 94.9 Å². The quantitative estimate of drug-likeness (QED) is 0.102. The third-order valence-electron chi connectivity index (χ3n) is 15.2. The number of hydrogen-bond acceptors (Lipinski definition) is 13. The molecule has 382 valence electrons. The van der Waals surface area contributed by atoms with Crippen LogP contribution in [0.15, 0.2) is 55.0 Å². The van der Waals surface area contributed by atoms with E-state index in [0.717, 1.165) is 132 Å². The lowest BCUT2D eigenvalue weighted by Crippen LogP contribution is -2.62. The molecular weight excluding hydrogens is 913 g/mol. The van der Waals surface area contributed by atoms with E-state index in [-0.39, 0.29) is 47.4 Å². The third-order valence-corrected chi connectivity index (χ3v) is 15.2. The minimum atomic E-state index is -0.608. The van der Waals surface area contributed by atoms with Gasteiger partial charge in [-0.05, 0) is 93.5 Å². The van der Waals surface area contributed by atoms with Crippen molar-refractivity contribution in [3.8, 4) is 22.9 Å². The average Bonchev–Trinajstić information content (AvgIpc) is 3.95. The summed E-state index contributed by atoms with van der Waals surface area (Å²) in [4.78, 5) is 82.1. The number of pyridine rings is 2. The van der Waals surface area contributed by atoms with Crippen LogP contribution in [-0.4, -0.2) is 160 Å². The summed E-state index contributed by atoms with van der Waals surface area (Å²) in [5, 5.41) is 20.0. The lowest BCUT2D eigenvalue weighted by atomic mass is 9.86. The molecule has 0 bridgehead atoms. The number of amides is 5. The summed E-state index contributed by atoms with van der Waals surface area (Å²) >= 11 is 0. The zero-order valence-corrected chi connectivity index (χ0v) is 42.2. The average molecular weight is 983 g/mol. The van der Waals surface area contributed by atoms with Gasteiger partial charge >= 0.3 is 0 Å². The molecule has 3 aromatic heterocycles. The number of fused-ring (bicyclic) bond motifs is 2. The van der Waals surface area contributed by atoms with E-state index in [2.05, 4.69) is 61.3 Å². The SMILES string of the molecule is CCOc1cc(-c2ccc(N3CCC(CN4CCN(C(=O)CCCCCCN5CCN(c6ccc7c(c6)CN(C6CCC(=O)NC6=O)C7=O)CC5)CC4)(NC(=O)CC(C)C)CC3)nc2)c2c(C#N)cnn2c1. The Balaban J connectivity index is 0.687. The molecule has 4 saturated heterocycles. The number of rotatable bonds is 18. The largest absolute Gasteiger partial charge is 0.492 e. The lowest BCUT2D eigenvalue weighted by molar-refractivity contribution is -0.137. The van der Waals surface area contributed by atoms with Crippen LogP contribution < -0.4 is 25.2 Å². The Hall–Kier alpha value is -6.58. The maximum atomic E-state index is 13.4. The van der Waals surface area contributed by atoms with Crippen LogP contribution in [0.1, 0.15) is 106 Å². The van der Waals surface area contributed by atoms with Gasteiger partial charge in [0.1, 0.15) is 23.7 Å². The van der Waals surface area contributed by atoms with Gasteiger partial charge in [0.25, 0.3) is 5.91 Å². The number of nitriles is 1. The van der Waals surface area contributed by atoms with Gasteiger partial charge in [0.05, 0.1) is 35.6 Å². The number of carbonyl (C=O) groups is 5. The predicted molar refractivity (Wildman–Crippen MR) is 273 cm³/mol. The molecule has 18 heteroatoms. The summed E-state index contributed by atoms with van der Waals surface area (Å²) in [5.74, 6) is 1.30. The number of unbranched alkanes of at least 4 members (excludes halogenated alkanes) is 3. The van der Waals surface area contributed by atoms with Gasteiger partial charge in [-0.25, -0.2) is 9.50 Å². The zero-order chi connectivity index (χ0) is 50.4. The number of benzene rings is 1. The van der Waals surface area contributed by atoms with E-state index in [1.54, 1.807) is 21.8 Å². The first-order chi connectivity index (χ1) is 34.9. The molecule has 0 aliphatic carbocycles. The number of piperazine rings is 2. The molecule has 4 fully saturated rings. The molecule has 0 radical (unpaired) electrons. The number of ether oxygens (including phenoxy) is 1. The molecule has 72 heavy (non-hydrogen) atoms. The Kier molecular flexibility index (Phi) is 15.7. The minimum absolute atomic E-state index is 0.0876. The van der Waals surface area contributed by atoms with Crippen molar-refractivity contribution in [2.24, 2.45) is 5.92 Å². The van der Waals surface area contributed by atoms with E-state index in [1.165, 1.54) is 0 Å². The first-order valence-electron chi connectivity index (χ1n) is 26.2. The smallest absolute Gasteiger partial charge is 0.255 e. The van der Waals surface area contributed by atoms with Crippen molar-refractivity contribution in [1.29, 1.82) is 5.26 Å². The van der Waals surface area contributed by atoms with E-state index < -0.39 is 6.04 Å². The highest BCUT2D eigenvalue weighted by Gasteiger charge is 2.41. The predicted octanol–water partition coefficient (Wildman–Crippen LogP) is 4.85. The Labute approximate surface area is 422 Å². The fourth-order valence-electron chi connectivity index (χ4n) is 11.3. The van der Waals surface area contributed by atoms with Crippen molar-refractivity contribution in [3.63, 3.8) is 0 Å². The number of aromatic nitrogens is 3. The molecule has 5 aliphatic rings. The van der Waals surface area contributed by atoms with Crippen LogP contribution in [0.4, 0.5) is 11.5 Å². The topological polar surface area (TPSA) is 192 Å². The van der Waals surface area contributed by atoms with Crippen LogP contribution in [0, 0.1) is 17.2 Å². The molecule has 0 saturated carbocycles. The van der Waals surface area contributed by atoms with Crippen LogP contribution in [0.25, 0.3) is 16.6 Å². The number of anilines is 2. The number of nitrogens with zero attached hydrogens (tertiary/aromatic N) is 10. The molecular formula is C54H70N12O6. The van der Waals surface area contributed by atoms with Crippen molar-refractivity contribution in [3.05, 3.63) is 71.7 Å². The molecule has 0 spiro atoms. The summed E-state index contributed by atoms with van der Waals surface area (Å²) in [6.45, 7) is 16.9. The fraction of sp³-hybridized carbons (Fsp3) is 0.556. The van der Waals surface area contributed by atoms with E-state index in [4.69, 9.17) is 9.72 Å². The lowest BCUT2D eigenvalue weighted by Gasteiger charge is -2.47. The third kappa shape index (κ3) is 11.5. The molecule has 1 aromatic carbocycles. The molecule has 18 nitrogen and oxygen atoms in total. The minimum Gasteiger partial charge on any atom is -0.492 e. The highest BCUT2D eigenvalue weighted by molar-refractivity contribution is 6.05. The molecule has 5 amide bonds. The van der Waals surface area contributed by atoms with Gasteiger partial charge in [-0.2, -0.15) is 10.4 Å². The number of nitrogens with one attached hydrogen (secondary N) is 2. The Morgan fingerprint density at radius 2 is 1.65 bits per heavy atom. The van der Waals surface area contributed by atoms with Crippen LogP contribution >= 0.6 is 0 Å². The molecule has 9 rings (SSSR count). The van der Waals surface area contributed by atoms with Gasteiger partial charge in [-0.1, -0.05) is 26.7 Å². The monoisotopic (exact) mass is 983 g/mol. The Morgan fingerprint density at radius 3 is 2.36 bits per heavy atom.